The molecule has 0 saturated carbocycles. The van der Waals surface area contributed by atoms with E-state index in [0.29, 0.717) is 0 Å². The number of hydrazine groups is 3. The van der Waals surface area contributed by atoms with Crippen LogP contribution in [-0.2, 0) is 0 Å². The summed E-state index contributed by atoms with van der Waals surface area (Å²) >= 11 is 0. The molecule has 0 heterocycles. The second-order valence-corrected chi connectivity index (χ2v) is 2.47. The first-order valence-electron chi connectivity index (χ1n) is 4.24. The highest BCUT2D eigenvalue weighted by Crippen LogP contribution is 2.10. The van der Waals surface area contributed by atoms with Crippen molar-refractivity contribution in [3.05, 3.63) is 50.6 Å². The van der Waals surface area contributed by atoms with Gasteiger partial charge >= 0.3 is 0 Å². The van der Waals surface area contributed by atoms with Gasteiger partial charge in [0, 0.05) is 12.5 Å². The van der Waals surface area contributed by atoms with E-state index >= 15 is 0 Å². The molecule has 0 amide bonds. The maximum Gasteiger partial charge on any atom is 0.190 e. The van der Waals surface area contributed by atoms with E-state index in [4.69, 9.17) is 5.26 Å². The molecule has 17 heavy (non-hydrogen) atoms. The Labute approximate surface area is 96.1 Å². The van der Waals surface area contributed by atoms with Crippen molar-refractivity contribution in [3.8, 4) is 6.07 Å². The number of nitriles is 1. The van der Waals surface area contributed by atoms with Crippen molar-refractivity contribution in [2.24, 2.45) is 0 Å². The molecule has 0 bridgehead atoms. The summed E-state index contributed by atoms with van der Waals surface area (Å²) in [5.41, 5.74) is 1.53. The Morgan fingerprint density at radius 3 is 2.12 bits per heavy atom. The number of benzene rings is 1. The van der Waals surface area contributed by atoms with Crippen LogP contribution in [0.15, 0.2) is 30.3 Å². The summed E-state index contributed by atoms with van der Waals surface area (Å²) in [5, 5.41) is 26.1. The van der Waals surface area contributed by atoms with Crippen LogP contribution in [0.25, 0.3) is 0 Å². The Morgan fingerprint density at radius 1 is 1.29 bits per heavy atom. The molecular weight excluding hydrogens is 230 g/mol. The maximum atomic E-state index is 10.4. The Hall–Kier alpha value is -2.89. The molecule has 0 aliphatic rings. The zero-order chi connectivity index (χ0) is 13.3. The first-order valence-corrected chi connectivity index (χ1v) is 4.24. The van der Waals surface area contributed by atoms with Crippen LogP contribution in [0, 0.1) is 31.6 Å². The number of nitro groups is 2. The molecule has 1 rings (SSSR count). The Morgan fingerprint density at radius 2 is 1.76 bits per heavy atom. The lowest BCUT2D eigenvalue weighted by atomic mass is 10.3. The molecule has 0 fully saturated rings. The minimum absolute atomic E-state index is 0.0780. The average molecular weight is 239 g/mol. The van der Waals surface area contributed by atoms with E-state index in [1.54, 1.807) is 12.1 Å². The number of hydrogen-bond acceptors (Lipinski definition) is 5. The Kier molecular flexibility index (Phi) is 6.15. The number of rotatable bonds is 4. The summed E-state index contributed by atoms with van der Waals surface area (Å²) in [5.74, 6) is 0. The third kappa shape index (κ3) is 5.53. The van der Waals surface area contributed by atoms with Crippen molar-refractivity contribution in [3.63, 3.8) is 0 Å². The van der Waals surface area contributed by atoms with Crippen LogP contribution in [0.4, 0.5) is 5.69 Å². The van der Waals surface area contributed by atoms with Crippen molar-refractivity contribution in [2.45, 2.75) is 6.92 Å². The molecule has 0 aromatic heterocycles. The van der Waals surface area contributed by atoms with E-state index in [2.05, 4.69) is 0 Å². The predicted octanol–water partition coefficient (Wildman–Crippen LogP) is 0.911. The summed E-state index contributed by atoms with van der Waals surface area (Å²) in [6.07, 6.45) is 0. The molecular formula is C8H9N5O4. The zero-order valence-corrected chi connectivity index (χ0v) is 8.81. The summed E-state index contributed by atoms with van der Waals surface area (Å²) in [7, 11) is 0. The minimum Gasteiger partial charge on any atom is -0.233 e. The fourth-order valence-corrected chi connectivity index (χ4v) is 0.835. The van der Waals surface area contributed by atoms with E-state index in [0.717, 1.165) is 0 Å². The van der Waals surface area contributed by atoms with Gasteiger partial charge in [0.2, 0.25) is 0 Å². The number of hydrogen-bond donors (Lipinski definition) is 1. The normalized spacial score (nSPS) is 8.00. The van der Waals surface area contributed by atoms with Crippen LogP contribution >= 0.6 is 0 Å². The summed E-state index contributed by atoms with van der Waals surface area (Å²) < 4.78 is 0. The van der Waals surface area contributed by atoms with Crippen molar-refractivity contribution < 1.29 is 10.1 Å². The number of anilines is 1. The second-order valence-electron chi connectivity index (χ2n) is 2.47. The first kappa shape index (κ1) is 14.1. The van der Waals surface area contributed by atoms with Crippen molar-refractivity contribution in [2.75, 3.05) is 5.12 Å². The molecule has 0 aliphatic carbocycles. The molecule has 0 atom stereocenters. The molecule has 0 radical (unpaired) electrons. The lowest BCUT2D eigenvalue weighted by molar-refractivity contribution is -0.620. The summed E-state index contributed by atoms with van der Waals surface area (Å²) in [6, 6.07) is 9.22. The van der Waals surface area contributed by atoms with Gasteiger partial charge in [0.05, 0.1) is 11.2 Å². The van der Waals surface area contributed by atoms with E-state index in [1.165, 1.54) is 36.7 Å². The molecule has 1 aromatic carbocycles. The first-order chi connectivity index (χ1) is 8.02. The number of nitrogens with zero attached hydrogens (tertiary/aromatic N) is 4. The van der Waals surface area contributed by atoms with E-state index < -0.39 is 10.1 Å². The lowest BCUT2D eigenvalue weighted by Gasteiger charge is -2.08. The van der Waals surface area contributed by atoms with E-state index in [1.807, 2.05) is 0 Å². The molecule has 9 nitrogen and oxygen atoms in total. The third-order valence-corrected chi connectivity index (χ3v) is 1.34. The SMILES string of the molecule is CC#N.O=[N+]([O-])NN(c1ccccc1)[N+](=O)[O-]. The number of para-hydroxylation sites is 1. The van der Waals surface area contributed by atoms with Gasteiger partial charge in [-0.1, -0.05) is 18.2 Å². The van der Waals surface area contributed by atoms with Crippen LogP contribution < -0.4 is 10.7 Å². The van der Waals surface area contributed by atoms with E-state index in [9.17, 15) is 20.2 Å². The predicted molar refractivity (Wildman–Crippen MR) is 57.3 cm³/mol. The lowest BCUT2D eigenvalue weighted by Crippen LogP contribution is -2.45. The van der Waals surface area contributed by atoms with Gasteiger partial charge < -0.3 is 0 Å². The van der Waals surface area contributed by atoms with Gasteiger partial charge in [-0.15, -0.1) is 0 Å². The molecule has 90 valence electrons. The van der Waals surface area contributed by atoms with Crippen LogP contribution in [0.2, 0.25) is 0 Å². The fraction of sp³-hybridized carbons (Fsp3) is 0.125. The van der Waals surface area contributed by atoms with Crippen LogP contribution in [0.1, 0.15) is 6.92 Å². The van der Waals surface area contributed by atoms with Crippen molar-refractivity contribution >= 4 is 5.69 Å². The van der Waals surface area contributed by atoms with Crippen molar-refractivity contribution in [1.82, 2.24) is 5.53 Å². The van der Waals surface area contributed by atoms with Gasteiger partial charge in [0.25, 0.3) is 0 Å². The van der Waals surface area contributed by atoms with Crippen molar-refractivity contribution in [1.29, 1.82) is 5.26 Å². The summed E-state index contributed by atoms with van der Waals surface area (Å²) in [6.45, 7) is 1.43. The van der Waals surface area contributed by atoms with Crippen LogP contribution in [0.5, 0.6) is 0 Å². The summed E-state index contributed by atoms with van der Waals surface area (Å²) in [4.78, 5) is 20.4. The Bertz CT molecular complexity index is 416. The minimum atomic E-state index is -1.00. The van der Waals surface area contributed by atoms with E-state index in [-0.39, 0.29) is 10.8 Å². The van der Waals surface area contributed by atoms with Gasteiger partial charge in [-0.25, -0.2) is 20.2 Å². The molecule has 0 saturated heterocycles. The molecule has 1 N–H and O–H groups in total. The third-order valence-electron chi connectivity index (χ3n) is 1.34. The van der Waals surface area contributed by atoms with Crippen LogP contribution in [-0.4, -0.2) is 10.1 Å². The fourth-order valence-electron chi connectivity index (χ4n) is 0.835. The molecule has 1 aromatic rings. The largest absolute Gasteiger partial charge is 0.233 e. The monoisotopic (exact) mass is 239 g/mol. The second kappa shape index (κ2) is 7.41. The van der Waals surface area contributed by atoms with Gasteiger partial charge in [-0.3, -0.25) is 0 Å². The highest BCUT2D eigenvalue weighted by atomic mass is 16.7. The van der Waals surface area contributed by atoms with Gasteiger partial charge in [0.1, 0.15) is 5.69 Å². The maximum absolute atomic E-state index is 10.4. The molecule has 0 aliphatic heterocycles. The van der Waals surface area contributed by atoms with Gasteiger partial charge in [0.15, 0.2) is 10.1 Å². The highest BCUT2D eigenvalue weighted by molar-refractivity contribution is 5.41. The number of nitrogens with one attached hydrogen (secondary N) is 1. The van der Waals surface area contributed by atoms with Gasteiger partial charge in [-0.05, 0) is 12.1 Å². The molecule has 0 spiro atoms. The average Bonchev–Trinajstić information content (AvgIpc) is 2.27. The Balaban J connectivity index is 0.000000770. The van der Waals surface area contributed by atoms with Crippen LogP contribution in [0.3, 0.4) is 0 Å². The highest BCUT2D eigenvalue weighted by Gasteiger charge is 2.21. The topological polar surface area (TPSA) is 125 Å². The zero-order valence-electron chi connectivity index (χ0n) is 8.81. The quantitative estimate of drug-likeness (QED) is 0.611. The molecule has 9 heteroatoms. The van der Waals surface area contributed by atoms with Gasteiger partial charge in [-0.2, -0.15) is 5.26 Å². The molecule has 0 unspecified atom stereocenters. The smallest absolute Gasteiger partial charge is 0.190 e. The standard InChI is InChI=1S/C6H6N4O4.C2H3N/c11-9(12)7-8(10(13)14)6-4-2-1-3-5-6;1-2-3/h1-5,7H;1H3.